The average Bonchev–Trinajstić information content (AvgIpc) is 2.16. The molecule has 0 aromatic heterocycles. The molecule has 0 aliphatic heterocycles. The number of benzene rings is 1. The molecule has 1 aromatic rings. The zero-order chi connectivity index (χ0) is 12.1. The summed E-state index contributed by atoms with van der Waals surface area (Å²) in [5, 5.41) is 0. The van der Waals surface area contributed by atoms with Crippen LogP contribution < -0.4 is 10.5 Å². The topological polar surface area (TPSA) is 38.5 Å². The number of hydrogen-bond acceptors (Lipinski definition) is 3. The van der Waals surface area contributed by atoms with Crippen LogP contribution in [0.3, 0.4) is 0 Å². The smallest absolute Gasteiger partial charge is 0.129 e. The Morgan fingerprint density at radius 1 is 1.44 bits per heavy atom. The lowest BCUT2D eigenvalue weighted by Gasteiger charge is -2.14. The van der Waals surface area contributed by atoms with Crippen molar-refractivity contribution in [1.29, 1.82) is 0 Å². The highest BCUT2D eigenvalue weighted by Gasteiger charge is 2.06. The molecule has 1 rings (SSSR count). The number of rotatable bonds is 5. The third-order valence-electron chi connectivity index (χ3n) is 2.20. The van der Waals surface area contributed by atoms with Gasteiger partial charge in [0, 0.05) is 6.54 Å². The van der Waals surface area contributed by atoms with Crippen molar-refractivity contribution in [3.63, 3.8) is 0 Å². The van der Waals surface area contributed by atoms with Crippen molar-refractivity contribution in [3.8, 4) is 5.75 Å². The number of thiocarbonyl (C=S) groups is 1. The van der Waals surface area contributed by atoms with Crippen LogP contribution >= 0.6 is 12.2 Å². The summed E-state index contributed by atoms with van der Waals surface area (Å²) in [6.07, 6.45) is 0. The van der Waals surface area contributed by atoms with Gasteiger partial charge in [-0.15, -0.1) is 0 Å². The molecule has 88 valence electrons. The van der Waals surface area contributed by atoms with E-state index in [0.29, 0.717) is 11.6 Å². The van der Waals surface area contributed by atoms with Crippen LogP contribution in [-0.4, -0.2) is 37.1 Å². The largest absolute Gasteiger partial charge is 0.492 e. The van der Waals surface area contributed by atoms with Crippen molar-refractivity contribution >= 4 is 17.2 Å². The molecule has 1 aromatic carbocycles. The highest BCUT2D eigenvalue weighted by molar-refractivity contribution is 7.80. The zero-order valence-corrected chi connectivity index (χ0v) is 10.8. The first kappa shape index (κ1) is 12.9. The van der Waals surface area contributed by atoms with E-state index in [9.17, 15) is 0 Å². The van der Waals surface area contributed by atoms with E-state index in [2.05, 4.69) is 4.90 Å². The molecule has 0 fully saturated rings. The first-order chi connectivity index (χ1) is 7.50. The second kappa shape index (κ2) is 5.82. The summed E-state index contributed by atoms with van der Waals surface area (Å²) in [4.78, 5) is 2.44. The van der Waals surface area contributed by atoms with Gasteiger partial charge < -0.3 is 15.4 Å². The van der Waals surface area contributed by atoms with Gasteiger partial charge >= 0.3 is 0 Å². The number of ether oxygens (including phenoxy) is 1. The van der Waals surface area contributed by atoms with Gasteiger partial charge in [0.1, 0.15) is 17.3 Å². The van der Waals surface area contributed by atoms with Crippen molar-refractivity contribution in [1.82, 2.24) is 4.90 Å². The molecule has 0 radical (unpaired) electrons. The standard InChI is InChI=1S/C12H18N2OS/c1-9-4-5-10(12(13)16)11(8-9)15-7-6-14(2)3/h4-5,8H,6-7H2,1-3H3,(H2,13,16). The summed E-state index contributed by atoms with van der Waals surface area (Å²) in [6.45, 7) is 3.51. The fourth-order valence-electron chi connectivity index (χ4n) is 1.29. The Kier molecular flexibility index (Phi) is 4.71. The van der Waals surface area contributed by atoms with E-state index in [1.54, 1.807) is 0 Å². The molecule has 0 amide bonds. The summed E-state index contributed by atoms with van der Waals surface area (Å²) in [6, 6.07) is 5.85. The number of nitrogens with zero attached hydrogens (tertiary/aromatic N) is 1. The quantitative estimate of drug-likeness (QED) is 0.790. The van der Waals surface area contributed by atoms with Gasteiger partial charge in [-0.2, -0.15) is 0 Å². The van der Waals surface area contributed by atoms with E-state index in [1.807, 2.05) is 39.2 Å². The molecule has 3 nitrogen and oxygen atoms in total. The monoisotopic (exact) mass is 238 g/mol. The first-order valence-corrected chi connectivity index (χ1v) is 5.59. The van der Waals surface area contributed by atoms with Gasteiger partial charge in [0.15, 0.2) is 0 Å². The summed E-state index contributed by atoms with van der Waals surface area (Å²) in [5.74, 6) is 0.773. The van der Waals surface area contributed by atoms with Crippen LogP contribution in [0.15, 0.2) is 18.2 Å². The number of aryl methyl sites for hydroxylation is 1. The third-order valence-corrected chi connectivity index (χ3v) is 2.42. The molecule has 0 bridgehead atoms. The Balaban J connectivity index is 2.76. The maximum absolute atomic E-state index is 5.68. The molecule has 0 heterocycles. The minimum absolute atomic E-state index is 0.375. The maximum Gasteiger partial charge on any atom is 0.129 e. The summed E-state index contributed by atoms with van der Waals surface area (Å²) in [7, 11) is 4.02. The normalized spacial score (nSPS) is 10.5. The highest BCUT2D eigenvalue weighted by Crippen LogP contribution is 2.20. The van der Waals surface area contributed by atoms with E-state index in [-0.39, 0.29) is 0 Å². The van der Waals surface area contributed by atoms with Crippen LogP contribution in [0.4, 0.5) is 0 Å². The molecule has 0 atom stereocenters. The SMILES string of the molecule is Cc1ccc(C(N)=S)c(OCCN(C)C)c1. The average molecular weight is 238 g/mol. The van der Waals surface area contributed by atoms with Crippen molar-refractivity contribution < 1.29 is 4.74 Å². The van der Waals surface area contributed by atoms with Crippen LogP contribution in [0.25, 0.3) is 0 Å². The van der Waals surface area contributed by atoms with Crippen LogP contribution in [0.5, 0.6) is 5.75 Å². The van der Waals surface area contributed by atoms with E-state index < -0.39 is 0 Å². The van der Waals surface area contributed by atoms with E-state index in [0.717, 1.165) is 23.4 Å². The molecular weight excluding hydrogens is 220 g/mol. The van der Waals surface area contributed by atoms with Crippen molar-refractivity contribution in [2.24, 2.45) is 5.73 Å². The molecule has 0 aliphatic carbocycles. The Morgan fingerprint density at radius 2 is 2.12 bits per heavy atom. The first-order valence-electron chi connectivity index (χ1n) is 5.18. The Bertz CT molecular complexity index is 377. The third kappa shape index (κ3) is 3.79. The molecule has 2 N–H and O–H groups in total. The van der Waals surface area contributed by atoms with Crippen LogP contribution in [0.2, 0.25) is 0 Å². The second-order valence-electron chi connectivity index (χ2n) is 4.02. The lowest BCUT2D eigenvalue weighted by Crippen LogP contribution is -2.20. The van der Waals surface area contributed by atoms with Gasteiger partial charge in [-0.05, 0) is 38.7 Å². The molecule has 0 saturated carbocycles. The predicted molar refractivity (Wildman–Crippen MR) is 71.1 cm³/mol. The molecular formula is C12H18N2OS. The van der Waals surface area contributed by atoms with E-state index >= 15 is 0 Å². The Labute approximate surface area is 102 Å². The lowest BCUT2D eigenvalue weighted by atomic mass is 10.1. The van der Waals surface area contributed by atoms with Crippen molar-refractivity contribution in [2.45, 2.75) is 6.92 Å². The minimum Gasteiger partial charge on any atom is -0.492 e. The summed E-state index contributed by atoms with van der Waals surface area (Å²) >= 11 is 4.98. The van der Waals surface area contributed by atoms with Gasteiger partial charge in [-0.1, -0.05) is 18.3 Å². The van der Waals surface area contributed by atoms with Crippen LogP contribution in [0, 0.1) is 6.92 Å². The fraction of sp³-hybridized carbons (Fsp3) is 0.417. The maximum atomic E-state index is 5.68. The molecule has 4 heteroatoms. The molecule has 0 unspecified atom stereocenters. The fourth-order valence-corrected chi connectivity index (χ4v) is 1.46. The number of nitrogens with two attached hydrogens (primary N) is 1. The van der Waals surface area contributed by atoms with Gasteiger partial charge in [0.05, 0.1) is 5.56 Å². The van der Waals surface area contributed by atoms with Crippen LogP contribution in [-0.2, 0) is 0 Å². The molecule has 0 saturated heterocycles. The van der Waals surface area contributed by atoms with E-state index in [4.69, 9.17) is 22.7 Å². The van der Waals surface area contributed by atoms with Gasteiger partial charge in [-0.25, -0.2) is 0 Å². The van der Waals surface area contributed by atoms with Gasteiger partial charge in [0.2, 0.25) is 0 Å². The number of hydrogen-bond donors (Lipinski definition) is 1. The molecule has 0 spiro atoms. The predicted octanol–water partition coefficient (Wildman–Crippen LogP) is 1.57. The zero-order valence-electron chi connectivity index (χ0n) is 9.99. The Hall–Kier alpha value is -1.13. The van der Waals surface area contributed by atoms with E-state index in [1.165, 1.54) is 0 Å². The minimum atomic E-state index is 0.375. The molecule has 16 heavy (non-hydrogen) atoms. The Morgan fingerprint density at radius 3 is 2.69 bits per heavy atom. The summed E-state index contributed by atoms with van der Waals surface area (Å²) < 4.78 is 5.68. The van der Waals surface area contributed by atoms with Crippen molar-refractivity contribution in [2.75, 3.05) is 27.2 Å². The lowest BCUT2D eigenvalue weighted by molar-refractivity contribution is 0.261. The van der Waals surface area contributed by atoms with Crippen molar-refractivity contribution in [3.05, 3.63) is 29.3 Å². The molecule has 0 aliphatic rings. The highest BCUT2D eigenvalue weighted by atomic mass is 32.1. The summed E-state index contributed by atoms with van der Waals surface area (Å²) in [5.41, 5.74) is 7.58. The number of likely N-dealkylation sites (N-methyl/N-ethyl adjacent to an activating group) is 1. The van der Waals surface area contributed by atoms with Gasteiger partial charge in [-0.3, -0.25) is 0 Å². The van der Waals surface area contributed by atoms with Gasteiger partial charge in [0.25, 0.3) is 0 Å². The second-order valence-corrected chi connectivity index (χ2v) is 4.46. The van der Waals surface area contributed by atoms with Crippen LogP contribution in [0.1, 0.15) is 11.1 Å².